The number of hydrogen-bond acceptors (Lipinski definition) is 5. The van der Waals surface area contributed by atoms with Crippen molar-refractivity contribution in [3.8, 4) is 12.3 Å². The van der Waals surface area contributed by atoms with Gasteiger partial charge in [-0.3, -0.25) is 9.36 Å². The summed E-state index contributed by atoms with van der Waals surface area (Å²) in [5.74, 6) is 2.93. The number of ether oxygens (including phenoxy) is 1. The van der Waals surface area contributed by atoms with Crippen LogP contribution in [0.2, 0.25) is 5.02 Å². The van der Waals surface area contributed by atoms with Crippen LogP contribution in [0.4, 0.5) is 10.7 Å². The summed E-state index contributed by atoms with van der Waals surface area (Å²) < 4.78 is 6.88. The summed E-state index contributed by atoms with van der Waals surface area (Å²) in [5.41, 5.74) is 1.29. The molecule has 0 saturated heterocycles. The van der Waals surface area contributed by atoms with E-state index in [0.29, 0.717) is 35.2 Å². The summed E-state index contributed by atoms with van der Waals surface area (Å²) in [4.78, 5) is 31.9. The van der Waals surface area contributed by atoms with Crippen LogP contribution in [0.1, 0.15) is 50.6 Å². The van der Waals surface area contributed by atoms with Crippen molar-refractivity contribution in [3.05, 3.63) is 56.5 Å². The van der Waals surface area contributed by atoms with Gasteiger partial charge < -0.3 is 15.0 Å². The summed E-state index contributed by atoms with van der Waals surface area (Å²) in [7, 11) is 0. The van der Waals surface area contributed by atoms with E-state index in [-0.39, 0.29) is 24.7 Å². The second-order valence-electron chi connectivity index (χ2n) is 8.53. The van der Waals surface area contributed by atoms with Gasteiger partial charge in [-0.25, -0.2) is 9.78 Å². The highest BCUT2D eigenvalue weighted by atomic mass is 35.5. The normalized spacial score (nSPS) is 14.4. The van der Waals surface area contributed by atoms with E-state index in [1.807, 2.05) is 52.0 Å². The molecule has 0 fully saturated rings. The van der Waals surface area contributed by atoms with Gasteiger partial charge in [-0.1, -0.05) is 29.7 Å². The summed E-state index contributed by atoms with van der Waals surface area (Å²) in [6.45, 7) is 8.05. The number of hydrogen-bond donors (Lipinski definition) is 1. The van der Waals surface area contributed by atoms with Crippen molar-refractivity contribution in [3.63, 3.8) is 0 Å². The van der Waals surface area contributed by atoms with Crippen LogP contribution in [0.3, 0.4) is 0 Å². The number of benzene rings is 1. The van der Waals surface area contributed by atoms with Crippen molar-refractivity contribution in [1.29, 1.82) is 0 Å². The minimum atomic E-state index is -0.606. The quantitative estimate of drug-likeness (QED) is 0.724. The molecule has 1 aromatic carbocycles. The van der Waals surface area contributed by atoms with Crippen LogP contribution in [-0.4, -0.2) is 32.7 Å². The molecule has 164 valence electrons. The molecule has 1 atom stereocenters. The second kappa shape index (κ2) is 9.03. The van der Waals surface area contributed by atoms with E-state index in [2.05, 4.69) is 11.2 Å². The van der Waals surface area contributed by atoms with Crippen molar-refractivity contribution in [2.45, 2.75) is 58.8 Å². The number of terminal acetylenes is 1. The van der Waals surface area contributed by atoms with Crippen LogP contribution in [-0.2, 0) is 24.2 Å². The van der Waals surface area contributed by atoms with Crippen molar-refractivity contribution in [2.24, 2.45) is 0 Å². The fourth-order valence-corrected chi connectivity index (χ4v) is 3.50. The Kier molecular flexibility index (Phi) is 6.61. The third kappa shape index (κ3) is 5.39. The number of fused-ring (bicyclic) bond motifs is 1. The molecule has 8 heteroatoms. The molecule has 2 heterocycles. The van der Waals surface area contributed by atoms with Gasteiger partial charge in [0.05, 0.1) is 30.4 Å². The number of nitrogens with one attached hydrogen (secondary N) is 1. The van der Waals surface area contributed by atoms with Crippen LogP contribution in [0.25, 0.3) is 0 Å². The van der Waals surface area contributed by atoms with Crippen molar-refractivity contribution in [2.75, 3.05) is 11.9 Å². The lowest BCUT2D eigenvalue weighted by Gasteiger charge is -2.31. The van der Waals surface area contributed by atoms with Gasteiger partial charge >= 0.3 is 6.09 Å². The number of rotatable bonds is 4. The average molecular weight is 443 g/mol. The molecule has 0 radical (unpaired) electrons. The minimum Gasteiger partial charge on any atom is -0.444 e. The summed E-state index contributed by atoms with van der Waals surface area (Å²) >= 11 is 5.98. The third-order valence-corrected chi connectivity index (χ3v) is 5.18. The van der Waals surface area contributed by atoms with Gasteiger partial charge in [-0.15, -0.1) is 6.42 Å². The monoisotopic (exact) mass is 442 g/mol. The van der Waals surface area contributed by atoms with Gasteiger partial charge in [0.25, 0.3) is 5.56 Å². The Balaban J connectivity index is 1.90. The van der Waals surface area contributed by atoms with Crippen molar-refractivity contribution in [1.82, 2.24) is 14.5 Å². The number of halogens is 1. The summed E-state index contributed by atoms with van der Waals surface area (Å²) in [6, 6.07) is 7.35. The van der Waals surface area contributed by atoms with Gasteiger partial charge in [-0.05, 0) is 45.4 Å². The van der Waals surface area contributed by atoms with E-state index in [4.69, 9.17) is 27.7 Å². The summed E-state index contributed by atoms with van der Waals surface area (Å²) in [6.07, 6.45) is 5.53. The zero-order valence-corrected chi connectivity index (χ0v) is 19.0. The smallest absolute Gasteiger partial charge is 0.410 e. The Bertz CT molecular complexity index is 1060. The van der Waals surface area contributed by atoms with Gasteiger partial charge in [0.2, 0.25) is 5.95 Å². The van der Waals surface area contributed by atoms with Crippen LogP contribution in [0.5, 0.6) is 0 Å². The average Bonchev–Trinajstić information content (AvgIpc) is 2.70. The highest BCUT2D eigenvalue weighted by Crippen LogP contribution is 2.23. The third-order valence-electron chi connectivity index (χ3n) is 4.93. The van der Waals surface area contributed by atoms with Crippen LogP contribution in [0.15, 0.2) is 29.1 Å². The van der Waals surface area contributed by atoms with Crippen molar-refractivity contribution < 1.29 is 9.53 Å². The maximum atomic E-state index is 13.2. The van der Waals surface area contributed by atoms with Gasteiger partial charge in [0, 0.05) is 18.0 Å². The SMILES string of the molecule is C#CCn1c(NC(C)c2ccc(Cl)cc2)nc2c(c1=O)CN(C(=O)OC(C)(C)C)CC2. The van der Waals surface area contributed by atoms with Gasteiger partial charge in [-0.2, -0.15) is 0 Å². The largest absolute Gasteiger partial charge is 0.444 e. The first-order chi connectivity index (χ1) is 14.6. The summed E-state index contributed by atoms with van der Waals surface area (Å²) in [5, 5.41) is 3.95. The molecule has 1 unspecified atom stereocenters. The van der Waals surface area contributed by atoms with E-state index < -0.39 is 11.7 Å². The number of carbonyl (C=O) groups is 1. The Morgan fingerprint density at radius 3 is 2.65 bits per heavy atom. The highest BCUT2D eigenvalue weighted by molar-refractivity contribution is 6.30. The van der Waals surface area contributed by atoms with E-state index in [9.17, 15) is 9.59 Å². The molecular weight excluding hydrogens is 416 g/mol. The predicted molar refractivity (Wildman–Crippen MR) is 121 cm³/mol. The lowest BCUT2D eigenvalue weighted by molar-refractivity contribution is 0.0221. The topological polar surface area (TPSA) is 76.5 Å². The van der Waals surface area contributed by atoms with E-state index in [1.165, 1.54) is 9.47 Å². The fraction of sp³-hybridized carbons (Fsp3) is 0.435. The van der Waals surface area contributed by atoms with E-state index in [0.717, 1.165) is 5.56 Å². The Morgan fingerprint density at radius 2 is 2.03 bits per heavy atom. The molecular formula is C23H27ClN4O3. The molecule has 31 heavy (non-hydrogen) atoms. The predicted octanol–water partition coefficient (Wildman–Crippen LogP) is 4.00. The fourth-order valence-electron chi connectivity index (χ4n) is 3.37. The Labute approximate surface area is 187 Å². The first-order valence-electron chi connectivity index (χ1n) is 10.1. The lowest BCUT2D eigenvalue weighted by Crippen LogP contribution is -2.43. The molecule has 1 aliphatic rings. The zero-order valence-electron chi connectivity index (χ0n) is 18.2. The zero-order chi connectivity index (χ0) is 22.8. The highest BCUT2D eigenvalue weighted by Gasteiger charge is 2.29. The molecule has 0 bridgehead atoms. The van der Waals surface area contributed by atoms with E-state index in [1.54, 1.807) is 0 Å². The molecule has 7 nitrogen and oxygen atoms in total. The second-order valence-corrected chi connectivity index (χ2v) is 8.96. The van der Waals surface area contributed by atoms with Crippen molar-refractivity contribution >= 4 is 23.6 Å². The minimum absolute atomic E-state index is 0.0707. The number of anilines is 1. The first kappa shape index (κ1) is 22.7. The van der Waals surface area contributed by atoms with Gasteiger partial charge in [0.15, 0.2) is 0 Å². The first-order valence-corrected chi connectivity index (χ1v) is 10.5. The standard InChI is InChI=1S/C23H27ClN4O3/c1-6-12-28-20(29)18-14-27(22(30)31-23(3,4)5)13-11-19(18)26-21(28)25-15(2)16-7-9-17(24)10-8-16/h1,7-10,15H,11-14H2,2-5H3,(H,25,26). The molecule has 3 rings (SSSR count). The Hall–Kier alpha value is -2.98. The maximum absolute atomic E-state index is 13.2. The van der Waals surface area contributed by atoms with Crippen LogP contribution in [0, 0.1) is 12.3 Å². The maximum Gasteiger partial charge on any atom is 0.410 e. The number of nitrogens with zero attached hydrogens (tertiary/aromatic N) is 3. The molecule has 2 aromatic rings. The number of carbonyl (C=O) groups excluding carboxylic acids is 1. The lowest BCUT2D eigenvalue weighted by atomic mass is 10.1. The molecule has 0 spiro atoms. The van der Waals surface area contributed by atoms with E-state index >= 15 is 0 Å². The molecule has 1 aromatic heterocycles. The number of aromatic nitrogens is 2. The van der Waals surface area contributed by atoms with Crippen LogP contribution >= 0.6 is 11.6 Å². The number of amides is 1. The Morgan fingerprint density at radius 1 is 1.35 bits per heavy atom. The molecule has 1 aliphatic heterocycles. The molecule has 1 N–H and O–H groups in total. The van der Waals surface area contributed by atoms with Gasteiger partial charge in [0.1, 0.15) is 5.60 Å². The molecule has 0 aliphatic carbocycles. The van der Waals surface area contributed by atoms with Crippen LogP contribution < -0.4 is 10.9 Å². The molecule has 1 amide bonds. The molecule has 0 saturated carbocycles.